The topological polar surface area (TPSA) is 20.2 Å². The zero-order valence-corrected chi connectivity index (χ0v) is 6.04. The highest BCUT2D eigenvalue weighted by atomic mass is 16.3. The molecule has 0 amide bonds. The number of aliphatic hydroxyl groups is 1. The molecule has 0 saturated heterocycles. The number of hydrogen-bond donors (Lipinski definition) is 1. The molecule has 0 fully saturated rings. The molecule has 1 aromatic carbocycles. The van der Waals surface area contributed by atoms with Gasteiger partial charge < -0.3 is 5.11 Å². The van der Waals surface area contributed by atoms with Crippen LogP contribution >= 0.6 is 0 Å². The van der Waals surface area contributed by atoms with Gasteiger partial charge in [-0.05, 0) is 17.7 Å². The van der Waals surface area contributed by atoms with Crippen LogP contribution < -0.4 is 0 Å². The van der Waals surface area contributed by atoms with Crippen LogP contribution in [0.25, 0.3) is 0 Å². The highest BCUT2D eigenvalue weighted by Crippen LogP contribution is 2.02. The molecule has 0 spiro atoms. The lowest BCUT2D eigenvalue weighted by molar-refractivity contribution is 0.282. The highest BCUT2D eigenvalue weighted by Gasteiger charge is 1.88. The van der Waals surface area contributed by atoms with E-state index >= 15 is 0 Å². The van der Waals surface area contributed by atoms with E-state index in [1.54, 1.807) is 0 Å². The minimum Gasteiger partial charge on any atom is -0.392 e. The Morgan fingerprint density at radius 3 is 2.36 bits per heavy atom. The van der Waals surface area contributed by atoms with Gasteiger partial charge in [0.2, 0.25) is 0 Å². The summed E-state index contributed by atoms with van der Waals surface area (Å²) in [6.07, 6.45) is 0. The molecule has 1 rings (SSSR count). The number of benzene rings is 1. The molecular formula is C9H7BO. The predicted octanol–water partition coefficient (Wildman–Crippen LogP) is 0.656. The van der Waals surface area contributed by atoms with Crippen molar-refractivity contribution in [1.82, 2.24) is 0 Å². The van der Waals surface area contributed by atoms with Crippen molar-refractivity contribution in [3.8, 4) is 11.7 Å². The molecule has 0 aliphatic heterocycles. The lowest BCUT2D eigenvalue weighted by Crippen LogP contribution is -1.82. The monoisotopic (exact) mass is 142 g/mol. The second-order valence-electron chi connectivity index (χ2n) is 2.12. The van der Waals surface area contributed by atoms with Crippen molar-refractivity contribution < 1.29 is 5.11 Å². The molecule has 11 heavy (non-hydrogen) atoms. The third-order valence-electron chi connectivity index (χ3n) is 1.35. The molecule has 1 nitrogen and oxygen atoms in total. The maximum atomic E-state index is 8.70. The number of aliphatic hydroxyl groups excluding tert-OH is 1. The van der Waals surface area contributed by atoms with E-state index in [4.69, 9.17) is 13.0 Å². The van der Waals surface area contributed by atoms with Crippen molar-refractivity contribution in [2.45, 2.75) is 6.61 Å². The van der Waals surface area contributed by atoms with Crippen LogP contribution in [0.1, 0.15) is 11.1 Å². The van der Waals surface area contributed by atoms with Gasteiger partial charge in [-0.2, -0.15) is 5.82 Å². The average Bonchev–Trinajstić information content (AvgIpc) is 2.07. The molecule has 0 atom stereocenters. The fourth-order valence-electron chi connectivity index (χ4n) is 0.777. The SMILES string of the molecule is [B]C#Cc1ccc(CO)cc1. The van der Waals surface area contributed by atoms with Crippen molar-refractivity contribution in [1.29, 1.82) is 0 Å². The minimum atomic E-state index is 0.0658. The summed E-state index contributed by atoms with van der Waals surface area (Å²) in [5, 5.41) is 8.70. The zero-order chi connectivity index (χ0) is 8.10. The molecule has 0 unspecified atom stereocenters. The largest absolute Gasteiger partial charge is 0.392 e. The first-order valence-corrected chi connectivity index (χ1v) is 3.28. The van der Waals surface area contributed by atoms with Crippen molar-refractivity contribution in [2.24, 2.45) is 0 Å². The smallest absolute Gasteiger partial charge is 0.188 e. The Morgan fingerprint density at radius 1 is 1.27 bits per heavy atom. The van der Waals surface area contributed by atoms with E-state index < -0.39 is 0 Å². The number of hydrogen-bond acceptors (Lipinski definition) is 1. The summed E-state index contributed by atoms with van der Waals surface area (Å²) in [5.41, 5.74) is 1.75. The van der Waals surface area contributed by atoms with Gasteiger partial charge >= 0.3 is 0 Å². The summed E-state index contributed by atoms with van der Waals surface area (Å²) in [6, 6.07) is 7.29. The van der Waals surface area contributed by atoms with Crippen LogP contribution in [0.15, 0.2) is 24.3 Å². The average molecular weight is 142 g/mol. The second kappa shape index (κ2) is 3.85. The number of rotatable bonds is 1. The third kappa shape index (κ3) is 2.14. The molecule has 0 aliphatic rings. The van der Waals surface area contributed by atoms with E-state index in [9.17, 15) is 0 Å². The van der Waals surface area contributed by atoms with Gasteiger partial charge in [-0.25, -0.2) is 0 Å². The summed E-state index contributed by atoms with van der Waals surface area (Å²) >= 11 is 0. The van der Waals surface area contributed by atoms with E-state index in [-0.39, 0.29) is 6.61 Å². The molecule has 0 aliphatic carbocycles. The summed E-state index contributed by atoms with van der Waals surface area (Å²) < 4.78 is 0. The molecule has 52 valence electrons. The van der Waals surface area contributed by atoms with Crippen LogP contribution in [0.2, 0.25) is 0 Å². The maximum absolute atomic E-state index is 8.70. The van der Waals surface area contributed by atoms with Gasteiger partial charge in [0.1, 0.15) is 0 Å². The lowest BCUT2D eigenvalue weighted by Gasteiger charge is -1.94. The Labute approximate surface area is 67.5 Å². The Kier molecular flexibility index (Phi) is 2.77. The van der Waals surface area contributed by atoms with Gasteiger partial charge in [0, 0.05) is 5.56 Å². The summed E-state index contributed by atoms with van der Waals surface area (Å²) in [7, 11) is 5.02. The fraction of sp³-hybridized carbons (Fsp3) is 0.111. The summed E-state index contributed by atoms with van der Waals surface area (Å²) in [4.78, 5) is 0. The maximum Gasteiger partial charge on any atom is 0.188 e. The Balaban J connectivity index is 2.88. The van der Waals surface area contributed by atoms with Crippen LogP contribution in [0.5, 0.6) is 0 Å². The minimum absolute atomic E-state index is 0.0658. The molecule has 2 radical (unpaired) electrons. The van der Waals surface area contributed by atoms with Crippen molar-refractivity contribution >= 4 is 7.85 Å². The van der Waals surface area contributed by atoms with E-state index in [2.05, 4.69) is 11.7 Å². The van der Waals surface area contributed by atoms with Gasteiger partial charge in [-0.3, -0.25) is 0 Å². The molecular weight excluding hydrogens is 135 g/mol. The second-order valence-corrected chi connectivity index (χ2v) is 2.12. The molecule has 1 aromatic rings. The van der Waals surface area contributed by atoms with Crippen LogP contribution in [0.4, 0.5) is 0 Å². The van der Waals surface area contributed by atoms with Gasteiger partial charge in [-0.15, -0.1) is 0 Å². The van der Waals surface area contributed by atoms with Gasteiger partial charge in [0.25, 0.3) is 0 Å². The van der Waals surface area contributed by atoms with Crippen LogP contribution in [-0.2, 0) is 6.61 Å². The summed E-state index contributed by atoms with van der Waals surface area (Å²) in [6.45, 7) is 0.0658. The van der Waals surface area contributed by atoms with E-state index in [0.29, 0.717) is 0 Å². The molecule has 0 aromatic heterocycles. The Morgan fingerprint density at radius 2 is 1.91 bits per heavy atom. The van der Waals surface area contributed by atoms with Crippen LogP contribution in [0, 0.1) is 11.7 Å². The first-order valence-electron chi connectivity index (χ1n) is 3.28. The first-order chi connectivity index (χ1) is 5.36. The lowest BCUT2D eigenvalue weighted by atomic mass is 10.1. The summed E-state index contributed by atoms with van der Waals surface area (Å²) in [5.74, 6) is 5.01. The zero-order valence-electron chi connectivity index (χ0n) is 6.04. The normalized spacial score (nSPS) is 8.45. The highest BCUT2D eigenvalue weighted by molar-refractivity contribution is 6.22. The van der Waals surface area contributed by atoms with E-state index in [1.807, 2.05) is 24.3 Å². The van der Waals surface area contributed by atoms with Crippen LogP contribution in [0.3, 0.4) is 0 Å². The molecule has 0 heterocycles. The van der Waals surface area contributed by atoms with E-state index in [1.165, 1.54) is 0 Å². The van der Waals surface area contributed by atoms with Gasteiger partial charge in [0.05, 0.1) is 6.61 Å². The van der Waals surface area contributed by atoms with Gasteiger partial charge in [0.15, 0.2) is 7.85 Å². The molecule has 0 saturated carbocycles. The molecule has 1 N–H and O–H groups in total. The van der Waals surface area contributed by atoms with Crippen molar-refractivity contribution in [3.63, 3.8) is 0 Å². The van der Waals surface area contributed by atoms with Gasteiger partial charge in [-0.1, -0.05) is 18.1 Å². The molecule has 0 bridgehead atoms. The fourth-order valence-corrected chi connectivity index (χ4v) is 0.777. The molecule has 2 heteroatoms. The third-order valence-corrected chi connectivity index (χ3v) is 1.35. The van der Waals surface area contributed by atoms with E-state index in [0.717, 1.165) is 11.1 Å². The Bertz CT molecular complexity index is 279. The Hall–Kier alpha value is -1.20. The quantitative estimate of drug-likeness (QED) is 0.451. The van der Waals surface area contributed by atoms with Crippen LogP contribution in [-0.4, -0.2) is 13.0 Å². The standard InChI is InChI=1S/C9H7BO/c10-6-5-8-1-3-9(7-11)4-2-8/h1-4,11H,7H2. The van der Waals surface area contributed by atoms with Crippen molar-refractivity contribution in [2.75, 3.05) is 0 Å². The van der Waals surface area contributed by atoms with Crippen molar-refractivity contribution in [3.05, 3.63) is 35.4 Å². The predicted molar refractivity (Wildman–Crippen MR) is 45.0 cm³/mol. The first kappa shape index (κ1) is 7.91.